The molecule has 0 radical (unpaired) electrons. The van der Waals surface area contributed by atoms with Gasteiger partial charge in [-0.15, -0.1) is 0 Å². The number of aromatic nitrogens is 3. The molecule has 0 aliphatic heterocycles. The Kier molecular flexibility index (Phi) is 4.02. The molecule has 1 N–H and O–H groups in total. The lowest BCUT2D eigenvalue weighted by molar-refractivity contribution is 0.0684. The van der Waals surface area contributed by atoms with E-state index in [-0.39, 0.29) is 18.1 Å². The number of aryl methyl sites for hydroxylation is 3. The monoisotopic (exact) mass is 275 g/mol. The SMILES string of the molecule is CCn1nc(C)cc1COc1ccc(C)nc1C(=O)O. The lowest BCUT2D eigenvalue weighted by Gasteiger charge is -2.10. The highest BCUT2D eigenvalue weighted by molar-refractivity contribution is 5.88. The van der Waals surface area contributed by atoms with E-state index >= 15 is 0 Å². The fourth-order valence-electron chi connectivity index (χ4n) is 1.95. The second-order valence-electron chi connectivity index (χ2n) is 4.49. The third kappa shape index (κ3) is 2.96. The molecule has 2 rings (SSSR count). The van der Waals surface area contributed by atoms with Gasteiger partial charge in [-0.2, -0.15) is 5.10 Å². The van der Waals surface area contributed by atoms with Gasteiger partial charge in [0.15, 0.2) is 11.4 Å². The molecule has 0 saturated carbocycles. The largest absolute Gasteiger partial charge is 0.485 e. The Morgan fingerprint density at radius 3 is 2.75 bits per heavy atom. The van der Waals surface area contributed by atoms with Crippen LogP contribution in [0.2, 0.25) is 0 Å². The van der Waals surface area contributed by atoms with Gasteiger partial charge in [-0.05, 0) is 39.0 Å². The van der Waals surface area contributed by atoms with Crippen LogP contribution in [0.1, 0.15) is 34.5 Å². The fourth-order valence-corrected chi connectivity index (χ4v) is 1.95. The van der Waals surface area contributed by atoms with Crippen molar-refractivity contribution in [3.05, 3.63) is 41.0 Å². The van der Waals surface area contributed by atoms with E-state index < -0.39 is 5.97 Å². The predicted molar refractivity (Wildman–Crippen MR) is 72.9 cm³/mol. The van der Waals surface area contributed by atoms with Gasteiger partial charge in [-0.1, -0.05) is 0 Å². The summed E-state index contributed by atoms with van der Waals surface area (Å²) < 4.78 is 7.42. The first-order chi connectivity index (χ1) is 9.51. The van der Waals surface area contributed by atoms with Crippen molar-refractivity contribution in [3.8, 4) is 5.75 Å². The van der Waals surface area contributed by atoms with Gasteiger partial charge < -0.3 is 9.84 Å². The summed E-state index contributed by atoms with van der Waals surface area (Å²) in [5.74, 6) is -0.825. The van der Waals surface area contributed by atoms with Crippen LogP contribution in [-0.2, 0) is 13.2 Å². The van der Waals surface area contributed by atoms with Crippen LogP contribution in [0.3, 0.4) is 0 Å². The van der Waals surface area contributed by atoms with Crippen LogP contribution in [0.4, 0.5) is 0 Å². The van der Waals surface area contributed by atoms with Crippen LogP contribution in [0.15, 0.2) is 18.2 Å². The molecule has 0 spiro atoms. The van der Waals surface area contributed by atoms with E-state index in [0.29, 0.717) is 5.69 Å². The fraction of sp³-hybridized carbons (Fsp3) is 0.357. The zero-order chi connectivity index (χ0) is 14.7. The topological polar surface area (TPSA) is 77.2 Å². The minimum atomic E-state index is -1.09. The van der Waals surface area contributed by atoms with Crippen molar-refractivity contribution < 1.29 is 14.6 Å². The van der Waals surface area contributed by atoms with Crippen LogP contribution >= 0.6 is 0 Å². The van der Waals surface area contributed by atoms with Gasteiger partial charge in [0.05, 0.1) is 11.4 Å². The number of nitrogens with zero attached hydrogens (tertiary/aromatic N) is 3. The molecule has 2 aromatic rings. The third-order valence-corrected chi connectivity index (χ3v) is 2.86. The van der Waals surface area contributed by atoms with Crippen LogP contribution in [0.5, 0.6) is 5.75 Å². The molecule has 0 bridgehead atoms. The van der Waals surface area contributed by atoms with Crippen molar-refractivity contribution in [1.82, 2.24) is 14.8 Å². The molecular weight excluding hydrogens is 258 g/mol. The molecule has 6 heteroatoms. The molecule has 6 nitrogen and oxygen atoms in total. The Morgan fingerprint density at radius 2 is 2.10 bits per heavy atom. The van der Waals surface area contributed by atoms with Gasteiger partial charge in [0.25, 0.3) is 0 Å². The maximum atomic E-state index is 11.2. The molecule has 0 fully saturated rings. The summed E-state index contributed by atoms with van der Waals surface area (Å²) in [5.41, 5.74) is 2.39. The summed E-state index contributed by atoms with van der Waals surface area (Å²) in [5, 5.41) is 13.4. The van der Waals surface area contributed by atoms with Crippen molar-refractivity contribution in [2.45, 2.75) is 33.9 Å². The van der Waals surface area contributed by atoms with Crippen molar-refractivity contribution in [2.24, 2.45) is 0 Å². The van der Waals surface area contributed by atoms with E-state index in [1.54, 1.807) is 19.1 Å². The number of rotatable bonds is 5. The molecular formula is C14H17N3O3. The minimum absolute atomic E-state index is 0.0655. The molecule has 0 atom stereocenters. The number of hydrogen-bond donors (Lipinski definition) is 1. The van der Waals surface area contributed by atoms with Gasteiger partial charge in [0.1, 0.15) is 6.61 Å². The van der Waals surface area contributed by atoms with Crippen LogP contribution in [0.25, 0.3) is 0 Å². The molecule has 0 aromatic carbocycles. The van der Waals surface area contributed by atoms with E-state index in [1.807, 2.05) is 24.6 Å². The number of carboxylic acid groups (broad SMARTS) is 1. The molecule has 0 aliphatic rings. The third-order valence-electron chi connectivity index (χ3n) is 2.86. The Hall–Kier alpha value is -2.37. The smallest absolute Gasteiger partial charge is 0.358 e. The summed E-state index contributed by atoms with van der Waals surface area (Å²) in [6.07, 6.45) is 0. The molecule has 0 amide bonds. The summed E-state index contributed by atoms with van der Waals surface area (Å²) in [4.78, 5) is 15.1. The summed E-state index contributed by atoms with van der Waals surface area (Å²) in [6, 6.07) is 5.28. The number of carboxylic acids is 1. The quantitative estimate of drug-likeness (QED) is 0.905. The second kappa shape index (κ2) is 5.73. The zero-order valence-electron chi connectivity index (χ0n) is 11.8. The highest BCUT2D eigenvalue weighted by atomic mass is 16.5. The number of carbonyl (C=O) groups is 1. The van der Waals surface area contributed by atoms with E-state index in [0.717, 1.165) is 17.9 Å². The van der Waals surface area contributed by atoms with Gasteiger partial charge in [0, 0.05) is 12.2 Å². The number of hydrogen-bond acceptors (Lipinski definition) is 4. The van der Waals surface area contributed by atoms with Gasteiger partial charge >= 0.3 is 5.97 Å². The van der Waals surface area contributed by atoms with Crippen molar-refractivity contribution in [2.75, 3.05) is 0 Å². The Bertz CT molecular complexity index is 635. The zero-order valence-corrected chi connectivity index (χ0v) is 11.8. The predicted octanol–water partition coefficient (Wildman–Crippen LogP) is 2.19. The highest BCUT2D eigenvalue weighted by Gasteiger charge is 2.14. The van der Waals surface area contributed by atoms with E-state index in [9.17, 15) is 4.79 Å². The molecule has 20 heavy (non-hydrogen) atoms. The lowest BCUT2D eigenvalue weighted by Crippen LogP contribution is -2.09. The Labute approximate surface area is 117 Å². The maximum Gasteiger partial charge on any atom is 0.358 e. The summed E-state index contributed by atoms with van der Waals surface area (Å²) >= 11 is 0. The van der Waals surface area contributed by atoms with E-state index in [4.69, 9.17) is 9.84 Å². The van der Waals surface area contributed by atoms with Crippen molar-refractivity contribution in [1.29, 1.82) is 0 Å². The summed E-state index contributed by atoms with van der Waals surface area (Å²) in [6.45, 7) is 6.65. The molecule has 106 valence electrons. The molecule has 2 aromatic heterocycles. The lowest BCUT2D eigenvalue weighted by atomic mass is 10.3. The summed E-state index contributed by atoms with van der Waals surface area (Å²) in [7, 11) is 0. The van der Waals surface area contributed by atoms with E-state index in [2.05, 4.69) is 10.1 Å². The normalized spacial score (nSPS) is 10.6. The average Bonchev–Trinajstić information content (AvgIpc) is 2.77. The van der Waals surface area contributed by atoms with Gasteiger partial charge in [0.2, 0.25) is 0 Å². The first-order valence-corrected chi connectivity index (χ1v) is 6.38. The number of ether oxygens (including phenoxy) is 1. The van der Waals surface area contributed by atoms with Crippen LogP contribution in [0, 0.1) is 13.8 Å². The van der Waals surface area contributed by atoms with E-state index in [1.165, 1.54) is 0 Å². The van der Waals surface area contributed by atoms with Crippen LogP contribution in [-0.4, -0.2) is 25.8 Å². The molecule has 0 unspecified atom stereocenters. The minimum Gasteiger partial charge on any atom is -0.485 e. The van der Waals surface area contributed by atoms with Gasteiger partial charge in [-0.25, -0.2) is 9.78 Å². The Balaban J connectivity index is 2.20. The molecule has 2 heterocycles. The first kappa shape index (κ1) is 14.0. The standard InChI is InChI=1S/C14H17N3O3/c1-4-17-11(7-10(3)16-17)8-20-12-6-5-9(2)15-13(12)14(18)19/h5-7H,4,8H2,1-3H3,(H,18,19). The van der Waals surface area contributed by atoms with Crippen molar-refractivity contribution in [3.63, 3.8) is 0 Å². The highest BCUT2D eigenvalue weighted by Crippen LogP contribution is 2.18. The second-order valence-corrected chi connectivity index (χ2v) is 4.49. The molecule has 0 aliphatic carbocycles. The molecule has 0 saturated heterocycles. The van der Waals surface area contributed by atoms with Crippen LogP contribution < -0.4 is 4.74 Å². The first-order valence-electron chi connectivity index (χ1n) is 6.38. The number of pyridine rings is 1. The van der Waals surface area contributed by atoms with Crippen molar-refractivity contribution >= 4 is 5.97 Å². The Morgan fingerprint density at radius 1 is 1.35 bits per heavy atom. The average molecular weight is 275 g/mol. The van der Waals surface area contributed by atoms with Gasteiger partial charge in [-0.3, -0.25) is 4.68 Å². The maximum absolute atomic E-state index is 11.2. The number of aromatic carboxylic acids is 1.